The number of aryl methyl sites for hydroxylation is 1. The van der Waals surface area contributed by atoms with Crippen LogP contribution in [0.25, 0.3) is 0 Å². The molecule has 1 fully saturated rings. The maximum Gasteiger partial charge on any atom is 0.323 e. The Bertz CT molecular complexity index is 441. The highest BCUT2D eigenvalue weighted by Gasteiger charge is 2.40. The summed E-state index contributed by atoms with van der Waals surface area (Å²) in [4.78, 5) is 15.5. The number of imidazole rings is 1. The van der Waals surface area contributed by atoms with Crippen molar-refractivity contribution in [3.8, 4) is 0 Å². The lowest BCUT2D eigenvalue weighted by atomic mass is 9.79. The van der Waals surface area contributed by atoms with Crippen LogP contribution < -0.4 is 5.73 Å². The quantitative estimate of drug-likeness (QED) is 0.814. The van der Waals surface area contributed by atoms with Crippen molar-refractivity contribution in [1.29, 1.82) is 0 Å². The molecule has 1 aliphatic carbocycles. The van der Waals surface area contributed by atoms with Gasteiger partial charge in [0, 0.05) is 11.7 Å². The predicted molar refractivity (Wildman–Crippen MR) is 63.8 cm³/mol. The molecule has 5 heteroatoms. The number of carbonyl (C=O) groups is 1. The molecule has 2 atom stereocenters. The van der Waals surface area contributed by atoms with Crippen LogP contribution in [0.15, 0.2) is 6.33 Å². The summed E-state index contributed by atoms with van der Waals surface area (Å²) in [6, 6.07) is 0.158. The highest BCUT2D eigenvalue weighted by Crippen LogP contribution is 2.35. The van der Waals surface area contributed by atoms with Crippen molar-refractivity contribution in [3.05, 3.63) is 17.7 Å². The zero-order chi connectivity index (χ0) is 12.6. The monoisotopic (exact) mass is 237 g/mol. The van der Waals surface area contributed by atoms with Crippen molar-refractivity contribution >= 4 is 5.97 Å². The first kappa shape index (κ1) is 12.1. The van der Waals surface area contributed by atoms with Crippen molar-refractivity contribution in [3.63, 3.8) is 0 Å². The van der Waals surface area contributed by atoms with Crippen LogP contribution in [0.3, 0.4) is 0 Å². The van der Waals surface area contributed by atoms with E-state index in [0.717, 1.165) is 24.2 Å². The van der Waals surface area contributed by atoms with Gasteiger partial charge in [-0.25, -0.2) is 4.98 Å². The van der Waals surface area contributed by atoms with Gasteiger partial charge in [-0.15, -0.1) is 0 Å². The van der Waals surface area contributed by atoms with Crippen molar-refractivity contribution < 1.29 is 9.90 Å². The second-order valence-electron chi connectivity index (χ2n) is 5.03. The van der Waals surface area contributed by atoms with Gasteiger partial charge in [-0.1, -0.05) is 0 Å². The summed E-state index contributed by atoms with van der Waals surface area (Å²) >= 11 is 0. The number of hydrogen-bond donors (Lipinski definition) is 2. The zero-order valence-corrected chi connectivity index (χ0v) is 10.3. The average molecular weight is 237 g/mol. The smallest absolute Gasteiger partial charge is 0.323 e. The van der Waals surface area contributed by atoms with E-state index in [-0.39, 0.29) is 6.04 Å². The summed E-state index contributed by atoms with van der Waals surface area (Å²) in [5.41, 5.74) is 6.97. The van der Waals surface area contributed by atoms with E-state index in [9.17, 15) is 9.90 Å². The minimum absolute atomic E-state index is 0.158. The number of nitrogens with zero attached hydrogens (tertiary/aromatic N) is 2. The third kappa shape index (κ3) is 2.07. The van der Waals surface area contributed by atoms with Crippen LogP contribution in [0.5, 0.6) is 0 Å². The van der Waals surface area contributed by atoms with Crippen molar-refractivity contribution in [2.24, 2.45) is 5.73 Å². The molecule has 5 nitrogen and oxygen atoms in total. The molecule has 1 aromatic heterocycles. The summed E-state index contributed by atoms with van der Waals surface area (Å²) in [7, 11) is 0. The van der Waals surface area contributed by atoms with Crippen LogP contribution in [0.1, 0.15) is 43.1 Å². The summed E-state index contributed by atoms with van der Waals surface area (Å²) in [5.74, 6) is -0.892. The number of nitrogens with two attached hydrogens (primary N) is 1. The molecule has 1 aromatic rings. The maximum atomic E-state index is 11.2. The Kier molecular flexibility index (Phi) is 2.95. The number of hydrogen-bond acceptors (Lipinski definition) is 3. The van der Waals surface area contributed by atoms with E-state index in [1.54, 1.807) is 6.33 Å². The Hall–Kier alpha value is -1.36. The van der Waals surface area contributed by atoms with E-state index in [2.05, 4.69) is 9.55 Å². The minimum Gasteiger partial charge on any atom is -0.480 e. The van der Waals surface area contributed by atoms with Crippen molar-refractivity contribution in [1.82, 2.24) is 9.55 Å². The second kappa shape index (κ2) is 4.14. The van der Waals surface area contributed by atoms with Gasteiger partial charge in [0.05, 0.1) is 12.0 Å². The molecule has 1 heterocycles. The summed E-state index contributed by atoms with van der Waals surface area (Å²) in [6.07, 6.45) is 4.67. The Labute approximate surface area is 101 Å². The molecule has 3 N–H and O–H groups in total. The van der Waals surface area contributed by atoms with Gasteiger partial charge in [0.15, 0.2) is 0 Å². The number of carboxylic acid groups (broad SMARTS) is 1. The number of aromatic nitrogens is 2. The first-order chi connectivity index (χ1) is 7.94. The van der Waals surface area contributed by atoms with Gasteiger partial charge < -0.3 is 15.4 Å². The normalized spacial score (nSPS) is 29.2. The number of rotatable bonds is 2. The molecule has 17 heavy (non-hydrogen) atoms. The van der Waals surface area contributed by atoms with Gasteiger partial charge in [-0.05, 0) is 39.5 Å². The highest BCUT2D eigenvalue weighted by atomic mass is 16.4. The number of aliphatic carboxylic acids is 1. The molecule has 0 radical (unpaired) electrons. The van der Waals surface area contributed by atoms with E-state index in [4.69, 9.17) is 5.73 Å². The Morgan fingerprint density at radius 3 is 2.88 bits per heavy atom. The van der Waals surface area contributed by atoms with Gasteiger partial charge in [-0.3, -0.25) is 4.79 Å². The molecule has 0 aromatic carbocycles. The third-order valence-electron chi connectivity index (χ3n) is 3.87. The van der Waals surface area contributed by atoms with Crippen LogP contribution in [-0.2, 0) is 4.79 Å². The van der Waals surface area contributed by atoms with E-state index >= 15 is 0 Å². The first-order valence-corrected chi connectivity index (χ1v) is 5.96. The highest BCUT2D eigenvalue weighted by molar-refractivity contribution is 5.78. The van der Waals surface area contributed by atoms with E-state index in [1.165, 1.54) is 0 Å². The second-order valence-corrected chi connectivity index (χ2v) is 5.03. The molecule has 0 spiro atoms. The Balaban J connectivity index is 2.23. The lowest BCUT2D eigenvalue weighted by Crippen LogP contribution is -2.51. The predicted octanol–water partition coefficient (Wildman–Crippen LogP) is 1.40. The van der Waals surface area contributed by atoms with Crippen molar-refractivity contribution in [2.45, 2.75) is 51.1 Å². The van der Waals surface area contributed by atoms with E-state index < -0.39 is 11.5 Å². The molecule has 0 bridgehead atoms. The largest absolute Gasteiger partial charge is 0.480 e. The fourth-order valence-corrected chi connectivity index (χ4v) is 2.59. The van der Waals surface area contributed by atoms with Gasteiger partial charge in [-0.2, -0.15) is 0 Å². The summed E-state index contributed by atoms with van der Waals surface area (Å²) in [5, 5.41) is 9.19. The third-order valence-corrected chi connectivity index (χ3v) is 3.87. The molecule has 2 unspecified atom stereocenters. The van der Waals surface area contributed by atoms with E-state index in [0.29, 0.717) is 12.8 Å². The SMILES string of the molecule is Cc1ncn(C2CCCC(N)(C(=O)O)C2)c1C. The molecule has 0 saturated heterocycles. The molecular weight excluding hydrogens is 218 g/mol. The topological polar surface area (TPSA) is 81.1 Å². The summed E-state index contributed by atoms with van der Waals surface area (Å²) in [6.45, 7) is 3.97. The molecule has 1 saturated carbocycles. The Morgan fingerprint density at radius 1 is 1.65 bits per heavy atom. The molecule has 1 aliphatic rings. The Morgan fingerprint density at radius 2 is 2.35 bits per heavy atom. The molecule has 0 aliphatic heterocycles. The molecule has 0 amide bonds. The average Bonchev–Trinajstić information content (AvgIpc) is 2.60. The van der Waals surface area contributed by atoms with Gasteiger partial charge in [0.1, 0.15) is 5.54 Å². The molecule has 94 valence electrons. The minimum atomic E-state index is -1.08. The summed E-state index contributed by atoms with van der Waals surface area (Å²) < 4.78 is 2.07. The first-order valence-electron chi connectivity index (χ1n) is 5.96. The standard InChI is InChI=1S/C12H19N3O2/c1-8-9(2)15(7-14-8)10-4-3-5-12(13,6-10)11(16)17/h7,10H,3-6,13H2,1-2H3,(H,16,17). The lowest BCUT2D eigenvalue weighted by Gasteiger charge is -2.35. The van der Waals surface area contributed by atoms with Crippen LogP contribution >= 0.6 is 0 Å². The van der Waals surface area contributed by atoms with Gasteiger partial charge >= 0.3 is 5.97 Å². The van der Waals surface area contributed by atoms with Gasteiger partial charge in [0.2, 0.25) is 0 Å². The fourth-order valence-electron chi connectivity index (χ4n) is 2.59. The molecule has 2 rings (SSSR count). The zero-order valence-electron chi connectivity index (χ0n) is 10.3. The van der Waals surface area contributed by atoms with Crippen LogP contribution in [-0.4, -0.2) is 26.2 Å². The number of carboxylic acids is 1. The van der Waals surface area contributed by atoms with Crippen LogP contribution in [0.4, 0.5) is 0 Å². The molecular formula is C12H19N3O2. The lowest BCUT2D eigenvalue weighted by molar-refractivity contribution is -0.145. The van der Waals surface area contributed by atoms with Crippen molar-refractivity contribution in [2.75, 3.05) is 0 Å². The van der Waals surface area contributed by atoms with E-state index in [1.807, 2.05) is 13.8 Å². The maximum absolute atomic E-state index is 11.2. The fraction of sp³-hybridized carbons (Fsp3) is 0.667. The van der Waals surface area contributed by atoms with Crippen LogP contribution in [0.2, 0.25) is 0 Å². The van der Waals surface area contributed by atoms with Crippen LogP contribution in [0, 0.1) is 13.8 Å². The van der Waals surface area contributed by atoms with Gasteiger partial charge in [0.25, 0.3) is 0 Å².